The minimum atomic E-state index is -4.01. The van der Waals surface area contributed by atoms with Crippen molar-refractivity contribution in [1.82, 2.24) is 0 Å². The van der Waals surface area contributed by atoms with Gasteiger partial charge in [-0.05, 0) is 47.6 Å². The van der Waals surface area contributed by atoms with Crippen molar-refractivity contribution in [3.63, 3.8) is 0 Å². The van der Waals surface area contributed by atoms with Crippen LogP contribution >= 0.6 is 0 Å². The highest BCUT2D eigenvalue weighted by Gasteiger charge is 2.12. The summed E-state index contributed by atoms with van der Waals surface area (Å²) in [6.07, 6.45) is 1.48. The zero-order chi connectivity index (χ0) is 17.8. The molecule has 2 N–H and O–H groups in total. The lowest BCUT2D eigenvalue weighted by Crippen LogP contribution is -2.08. The standard InChI is InChI=1S/C16H20O6S2/c17-23(18,19)11-3-6-14-10-9-13-5-1-2-7-15(13)16(14)8-4-12-24(20,21)22/h1-2,5,7,9-10H,3-4,6,8,11-12H2,(H,17,18,19)(H,20,21,22). The van der Waals surface area contributed by atoms with Gasteiger partial charge in [0.1, 0.15) is 0 Å². The predicted molar refractivity (Wildman–Crippen MR) is 93.4 cm³/mol. The molecule has 0 aliphatic rings. The van der Waals surface area contributed by atoms with Crippen LogP contribution in [0, 0.1) is 0 Å². The topological polar surface area (TPSA) is 109 Å². The first-order chi connectivity index (χ1) is 11.2. The fourth-order valence-corrected chi connectivity index (χ4v) is 3.81. The Morgan fingerprint density at radius 3 is 1.96 bits per heavy atom. The molecule has 0 aromatic heterocycles. The van der Waals surface area contributed by atoms with Crippen molar-refractivity contribution < 1.29 is 25.9 Å². The highest BCUT2D eigenvalue weighted by molar-refractivity contribution is 7.86. The third-order valence-corrected chi connectivity index (χ3v) is 5.42. The molecule has 0 unspecified atom stereocenters. The number of hydrogen-bond acceptors (Lipinski definition) is 4. The van der Waals surface area contributed by atoms with E-state index in [-0.39, 0.29) is 24.3 Å². The quantitative estimate of drug-likeness (QED) is 0.689. The molecule has 0 saturated heterocycles. The smallest absolute Gasteiger partial charge is 0.264 e. The molecule has 0 aliphatic heterocycles. The van der Waals surface area contributed by atoms with Crippen molar-refractivity contribution in [2.75, 3.05) is 11.5 Å². The van der Waals surface area contributed by atoms with E-state index in [1.165, 1.54) is 0 Å². The van der Waals surface area contributed by atoms with Crippen LogP contribution in [-0.4, -0.2) is 37.4 Å². The van der Waals surface area contributed by atoms with Gasteiger partial charge < -0.3 is 0 Å². The first kappa shape index (κ1) is 18.9. The Morgan fingerprint density at radius 2 is 1.33 bits per heavy atom. The monoisotopic (exact) mass is 372 g/mol. The summed E-state index contributed by atoms with van der Waals surface area (Å²) >= 11 is 0. The maximum absolute atomic E-state index is 10.9. The normalized spacial score (nSPS) is 12.6. The van der Waals surface area contributed by atoms with Crippen molar-refractivity contribution >= 4 is 31.0 Å². The van der Waals surface area contributed by atoms with Crippen molar-refractivity contribution in [3.05, 3.63) is 47.5 Å². The van der Waals surface area contributed by atoms with E-state index in [2.05, 4.69) is 0 Å². The summed E-state index contributed by atoms with van der Waals surface area (Å²) in [5.74, 6) is -0.634. The highest BCUT2D eigenvalue weighted by Crippen LogP contribution is 2.25. The molecule has 2 rings (SSSR count). The van der Waals surface area contributed by atoms with E-state index in [0.717, 1.165) is 21.9 Å². The van der Waals surface area contributed by atoms with E-state index in [1.54, 1.807) is 0 Å². The molecule has 8 heteroatoms. The van der Waals surface area contributed by atoms with E-state index < -0.39 is 20.2 Å². The van der Waals surface area contributed by atoms with Crippen LogP contribution in [0.1, 0.15) is 24.0 Å². The number of aryl methyl sites for hydroxylation is 2. The number of benzene rings is 2. The van der Waals surface area contributed by atoms with E-state index >= 15 is 0 Å². The first-order valence-electron chi connectivity index (χ1n) is 7.55. The molecule has 0 bridgehead atoms. The van der Waals surface area contributed by atoms with Gasteiger partial charge in [0, 0.05) is 0 Å². The summed E-state index contributed by atoms with van der Waals surface area (Å²) in [5.41, 5.74) is 1.87. The molecular weight excluding hydrogens is 352 g/mol. The number of rotatable bonds is 8. The Labute approximate surface area is 142 Å². The molecule has 0 atom stereocenters. The van der Waals surface area contributed by atoms with Crippen LogP contribution in [0.5, 0.6) is 0 Å². The molecule has 0 spiro atoms. The molecule has 2 aromatic carbocycles. The zero-order valence-corrected chi connectivity index (χ0v) is 14.7. The van der Waals surface area contributed by atoms with Crippen molar-refractivity contribution in [1.29, 1.82) is 0 Å². The van der Waals surface area contributed by atoms with Gasteiger partial charge in [0.2, 0.25) is 0 Å². The Morgan fingerprint density at radius 1 is 0.750 bits per heavy atom. The van der Waals surface area contributed by atoms with Gasteiger partial charge in [-0.3, -0.25) is 9.11 Å². The second kappa shape index (κ2) is 7.60. The second-order valence-electron chi connectivity index (χ2n) is 5.70. The van der Waals surface area contributed by atoms with Gasteiger partial charge in [0.05, 0.1) is 11.5 Å². The molecule has 0 amide bonds. The van der Waals surface area contributed by atoms with Crippen LogP contribution in [0.4, 0.5) is 0 Å². The van der Waals surface area contributed by atoms with E-state index in [4.69, 9.17) is 9.11 Å². The SMILES string of the molecule is O=S(=O)(O)CCCc1ccc2ccccc2c1CCCS(=O)(=O)O. The van der Waals surface area contributed by atoms with Crippen LogP contribution < -0.4 is 0 Å². The Hall–Kier alpha value is -1.48. The number of fused-ring (bicyclic) bond motifs is 1. The summed E-state index contributed by atoms with van der Waals surface area (Å²) < 4.78 is 61.3. The number of hydrogen-bond donors (Lipinski definition) is 2. The lowest BCUT2D eigenvalue weighted by Gasteiger charge is -2.13. The molecule has 0 saturated carbocycles. The molecule has 6 nitrogen and oxygen atoms in total. The van der Waals surface area contributed by atoms with Crippen LogP contribution in [0.15, 0.2) is 36.4 Å². The summed E-state index contributed by atoms with van der Waals surface area (Å²) in [4.78, 5) is 0. The van der Waals surface area contributed by atoms with Crippen LogP contribution in [0.2, 0.25) is 0 Å². The minimum absolute atomic E-state index is 0.276. The summed E-state index contributed by atoms with van der Waals surface area (Å²) in [6, 6.07) is 11.5. The maximum atomic E-state index is 10.9. The second-order valence-corrected chi connectivity index (χ2v) is 8.85. The third-order valence-electron chi connectivity index (χ3n) is 3.82. The molecular formula is C16H20O6S2. The zero-order valence-electron chi connectivity index (χ0n) is 13.1. The van der Waals surface area contributed by atoms with Crippen molar-refractivity contribution in [3.8, 4) is 0 Å². The summed E-state index contributed by atoms with van der Waals surface area (Å²) in [5, 5.41) is 2.00. The van der Waals surface area contributed by atoms with Crippen LogP contribution in [0.3, 0.4) is 0 Å². The molecule has 0 heterocycles. The summed E-state index contributed by atoms with van der Waals surface area (Å²) in [6.45, 7) is 0. The average molecular weight is 372 g/mol. The van der Waals surface area contributed by atoms with Crippen molar-refractivity contribution in [2.24, 2.45) is 0 Å². The van der Waals surface area contributed by atoms with Gasteiger partial charge in [-0.25, -0.2) is 0 Å². The van der Waals surface area contributed by atoms with Gasteiger partial charge in [0.15, 0.2) is 0 Å². The minimum Gasteiger partial charge on any atom is -0.286 e. The fraction of sp³-hybridized carbons (Fsp3) is 0.375. The average Bonchev–Trinajstić information content (AvgIpc) is 2.46. The predicted octanol–water partition coefficient (Wildman–Crippen LogP) is 2.48. The Kier molecular flexibility index (Phi) is 5.97. The molecule has 0 radical (unpaired) electrons. The van der Waals surface area contributed by atoms with E-state index in [9.17, 15) is 16.8 Å². The third kappa shape index (κ3) is 5.86. The fourth-order valence-electron chi connectivity index (χ4n) is 2.79. The Bertz CT molecular complexity index is 917. The van der Waals surface area contributed by atoms with Gasteiger partial charge in [0.25, 0.3) is 20.2 Å². The van der Waals surface area contributed by atoms with Crippen molar-refractivity contribution in [2.45, 2.75) is 25.7 Å². The lowest BCUT2D eigenvalue weighted by atomic mass is 9.93. The molecule has 0 aliphatic carbocycles. The Balaban J connectivity index is 2.26. The molecule has 2 aromatic rings. The lowest BCUT2D eigenvalue weighted by molar-refractivity contribution is 0.478. The van der Waals surface area contributed by atoms with E-state index in [0.29, 0.717) is 12.8 Å². The first-order valence-corrected chi connectivity index (χ1v) is 10.8. The van der Waals surface area contributed by atoms with E-state index in [1.807, 2.05) is 36.4 Å². The van der Waals surface area contributed by atoms with Gasteiger partial charge in [-0.1, -0.05) is 36.4 Å². The van der Waals surface area contributed by atoms with Crippen LogP contribution in [-0.2, 0) is 33.1 Å². The molecule has 24 heavy (non-hydrogen) atoms. The summed E-state index contributed by atoms with van der Waals surface area (Å²) in [7, 11) is -8.01. The van der Waals surface area contributed by atoms with Gasteiger partial charge in [-0.15, -0.1) is 0 Å². The molecule has 0 fully saturated rings. The highest BCUT2D eigenvalue weighted by atomic mass is 32.2. The largest absolute Gasteiger partial charge is 0.286 e. The maximum Gasteiger partial charge on any atom is 0.264 e. The van der Waals surface area contributed by atoms with Gasteiger partial charge >= 0.3 is 0 Å². The van der Waals surface area contributed by atoms with Gasteiger partial charge in [-0.2, -0.15) is 16.8 Å². The van der Waals surface area contributed by atoms with Crippen LogP contribution in [0.25, 0.3) is 10.8 Å². The molecule has 132 valence electrons.